The summed E-state index contributed by atoms with van der Waals surface area (Å²) in [6, 6.07) is 18.8. The lowest BCUT2D eigenvalue weighted by molar-refractivity contribution is 0.102. The molecule has 33 heavy (non-hydrogen) atoms. The molecule has 0 aliphatic carbocycles. The Bertz CT molecular complexity index is 1200. The fourth-order valence-electron chi connectivity index (χ4n) is 4.12. The third kappa shape index (κ3) is 4.45. The Balaban J connectivity index is 1.49. The van der Waals surface area contributed by atoms with Crippen LogP contribution in [-0.4, -0.2) is 54.3 Å². The van der Waals surface area contributed by atoms with Crippen molar-refractivity contribution in [1.82, 2.24) is 9.80 Å². The lowest BCUT2D eigenvalue weighted by Gasteiger charge is -2.36. The van der Waals surface area contributed by atoms with Crippen LogP contribution in [0, 0.1) is 5.82 Å². The fraction of sp³-hybridized carbons (Fsp3) is 0.231. The van der Waals surface area contributed by atoms with Crippen molar-refractivity contribution in [3.63, 3.8) is 0 Å². The second-order valence-corrected chi connectivity index (χ2v) is 8.10. The molecule has 0 spiro atoms. The summed E-state index contributed by atoms with van der Waals surface area (Å²) in [4.78, 5) is 22.4. The highest BCUT2D eigenvalue weighted by Gasteiger charge is 2.26. The quantitative estimate of drug-likeness (QED) is 0.624. The van der Waals surface area contributed by atoms with Gasteiger partial charge in [-0.05, 0) is 61.1 Å². The van der Waals surface area contributed by atoms with Gasteiger partial charge in [-0.1, -0.05) is 19.1 Å². The van der Waals surface area contributed by atoms with E-state index >= 15 is 0 Å². The monoisotopic (exact) mass is 444 g/mol. The van der Waals surface area contributed by atoms with Crippen molar-refractivity contribution in [2.75, 3.05) is 38.0 Å². The van der Waals surface area contributed by atoms with Gasteiger partial charge in [0.15, 0.2) is 5.75 Å². The first kappa shape index (κ1) is 21.2. The van der Waals surface area contributed by atoms with E-state index in [2.05, 4.69) is 22.0 Å². The number of carbonyl (C=O) groups excluding carboxylic acids is 1. The predicted octanol–water partition coefficient (Wildman–Crippen LogP) is 4.90. The van der Waals surface area contributed by atoms with Gasteiger partial charge in [-0.3, -0.25) is 4.79 Å². The van der Waals surface area contributed by atoms with Crippen LogP contribution in [0.5, 0.6) is 11.5 Å². The van der Waals surface area contributed by atoms with Gasteiger partial charge in [0.25, 0.3) is 5.91 Å². The Morgan fingerprint density at radius 1 is 1.00 bits per heavy atom. The minimum atomic E-state index is -0.377. The SMILES string of the molecule is CCN1CCN(C2=Nc3ccccc3Oc3ccc(NC(=O)c4ccc(F)cc4)cc32)CC1. The maximum Gasteiger partial charge on any atom is 0.255 e. The number of piperazine rings is 1. The largest absolute Gasteiger partial charge is 0.454 e. The zero-order chi connectivity index (χ0) is 22.8. The molecule has 1 N–H and O–H groups in total. The van der Waals surface area contributed by atoms with E-state index in [-0.39, 0.29) is 11.7 Å². The zero-order valence-electron chi connectivity index (χ0n) is 18.4. The number of fused-ring (bicyclic) bond motifs is 2. The number of nitrogens with one attached hydrogen (secondary N) is 1. The molecule has 0 bridgehead atoms. The van der Waals surface area contributed by atoms with Crippen LogP contribution in [0.25, 0.3) is 0 Å². The zero-order valence-corrected chi connectivity index (χ0v) is 18.4. The Morgan fingerprint density at radius 3 is 2.52 bits per heavy atom. The number of carbonyl (C=O) groups is 1. The fourth-order valence-corrected chi connectivity index (χ4v) is 4.12. The van der Waals surface area contributed by atoms with E-state index < -0.39 is 0 Å². The second-order valence-electron chi connectivity index (χ2n) is 8.10. The number of halogens is 1. The smallest absolute Gasteiger partial charge is 0.255 e. The van der Waals surface area contributed by atoms with Gasteiger partial charge in [-0.2, -0.15) is 0 Å². The van der Waals surface area contributed by atoms with Crippen LogP contribution in [0.3, 0.4) is 0 Å². The molecule has 3 aromatic carbocycles. The number of anilines is 1. The first-order valence-electron chi connectivity index (χ1n) is 11.1. The number of aliphatic imine (C=N–C) groups is 1. The molecule has 1 fully saturated rings. The average Bonchev–Trinajstić information content (AvgIpc) is 3.01. The van der Waals surface area contributed by atoms with Crippen molar-refractivity contribution >= 4 is 23.1 Å². The van der Waals surface area contributed by atoms with E-state index in [0.29, 0.717) is 22.7 Å². The summed E-state index contributed by atoms with van der Waals surface area (Å²) in [6.07, 6.45) is 0. The minimum absolute atomic E-state index is 0.303. The standard InChI is InChI=1S/C26H25FN4O2/c1-2-30-13-15-31(16-14-30)25-21-17-20(28-26(32)18-7-9-19(27)10-8-18)11-12-23(21)33-24-6-4-3-5-22(24)29-25/h3-12,17H,2,13-16H2,1H3,(H,28,32). The molecule has 5 rings (SSSR count). The first-order valence-corrected chi connectivity index (χ1v) is 11.1. The predicted molar refractivity (Wildman–Crippen MR) is 127 cm³/mol. The molecule has 0 unspecified atom stereocenters. The van der Waals surface area contributed by atoms with Gasteiger partial charge in [-0.15, -0.1) is 0 Å². The number of hydrogen-bond donors (Lipinski definition) is 1. The number of amidine groups is 1. The molecule has 1 saturated heterocycles. The normalized spacial score (nSPS) is 15.6. The van der Waals surface area contributed by atoms with Crippen LogP contribution in [-0.2, 0) is 0 Å². The number of hydrogen-bond acceptors (Lipinski definition) is 5. The van der Waals surface area contributed by atoms with E-state index in [1.807, 2.05) is 36.4 Å². The molecular formula is C26H25FN4O2. The van der Waals surface area contributed by atoms with E-state index in [1.54, 1.807) is 6.07 Å². The summed E-state index contributed by atoms with van der Waals surface area (Å²) in [5.41, 5.74) is 2.61. The van der Waals surface area contributed by atoms with E-state index in [0.717, 1.165) is 49.8 Å². The molecule has 0 aromatic heterocycles. The lowest BCUT2D eigenvalue weighted by atomic mass is 10.1. The Labute approximate surface area is 192 Å². The molecule has 0 atom stereocenters. The molecular weight excluding hydrogens is 419 g/mol. The minimum Gasteiger partial charge on any atom is -0.454 e. The van der Waals surface area contributed by atoms with Crippen molar-refractivity contribution in [2.24, 2.45) is 4.99 Å². The number of nitrogens with zero attached hydrogens (tertiary/aromatic N) is 3. The number of ether oxygens (including phenoxy) is 1. The highest BCUT2D eigenvalue weighted by Crippen LogP contribution is 2.39. The van der Waals surface area contributed by atoms with Crippen molar-refractivity contribution in [1.29, 1.82) is 0 Å². The Morgan fingerprint density at radius 2 is 1.76 bits per heavy atom. The molecule has 0 saturated carbocycles. The summed E-state index contributed by atoms with van der Waals surface area (Å²) in [6.45, 7) is 6.86. The maximum atomic E-state index is 13.2. The molecule has 2 aliphatic heterocycles. The van der Waals surface area contributed by atoms with Crippen LogP contribution in [0.4, 0.5) is 15.8 Å². The molecule has 7 heteroatoms. The highest BCUT2D eigenvalue weighted by atomic mass is 19.1. The van der Waals surface area contributed by atoms with Gasteiger partial charge in [0, 0.05) is 37.4 Å². The third-order valence-electron chi connectivity index (χ3n) is 6.02. The molecule has 1 amide bonds. The van der Waals surface area contributed by atoms with Crippen LogP contribution in [0.15, 0.2) is 71.7 Å². The van der Waals surface area contributed by atoms with Crippen LogP contribution in [0.2, 0.25) is 0 Å². The van der Waals surface area contributed by atoms with Gasteiger partial charge >= 0.3 is 0 Å². The van der Waals surface area contributed by atoms with Gasteiger partial charge in [0.05, 0.1) is 5.56 Å². The summed E-state index contributed by atoms with van der Waals surface area (Å²) in [5, 5.41) is 2.91. The third-order valence-corrected chi connectivity index (χ3v) is 6.02. The first-order chi connectivity index (χ1) is 16.1. The number of likely N-dealkylation sites (N-methyl/N-ethyl adjacent to an activating group) is 1. The number of rotatable bonds is 3. The van der Waals surface area contributed by atoms with E-state index in [9.17, 15) is 9.18 Å². The van der Waals surface area contributed by atoms with Crippen molar-refractivity contribution in [3.8, 4) is 11.5 Å². The van der Waals surface area contributed by atoms with Crippen molar-refractivity contribution < 1.29 is 13.9 Å². The maximum absolute atomic E-state index is 13.2. The molecule has 2 aliphatic rings. The number of para-hydroxylation sites is 2. The number of benzene rings is 3. The summed E-state index contributed by atoms with van der Waals surface area (Å²) in [7, 11) is 0. The van der Waals surface area contributed by atoms with Crippen molar-refractivity contribution in [2.45, 2.75) is 6.92 Å². The van der Waals surface area contributed by atoms with Crippen LogP contribution in [0.1, 0.15) is 22.8 Å². The summed E-state index contributed by atoms with van der Waals surface area (Å²) < 4.78 is 19.4. The topological polar surface area (TPSA) is 57.2 Å². The van der Waals surface area contributed by atoms with Gasteiger partial charge < -0.3 is 19.9 Å². The summed E-state index contributed by atoms with van der Waals surface area (Å²) >= 11 is 0. The van der Waals surface area contributed by atoms with Gasteiger partial charge in [0.1, 0.15) is 23.1 Å². The second kappa shape index (κ2) is 9.03. The molecule has 168 valence electrons. The average molecular weight is 445 g/mol. The lowest BCUT2D eigenvalue weighted by Crippen LogP contribution is -2.48. The van der Waals surface area contributed by atoms with Crippen LogP contribution < -0.4 is 10.1 Å². The van der Waals surface area contributed by atoms with Crippen LogP contribution >= 0.6 is 0 Å². The van der Waals surface area contributed by atoms with E-state index in [1.165, 1.54) is 24.3 Å². The Hall–Kier alpha value is -3.71. The van der Waals surface area contributed by atoms with Gasteiger partial charge in [0.2, 0.25) is 0 Å². The van der Waals surface area contributed by atoms with E-state index in [4.69, 9.17) is 9.73 Å². The molecule has 0 radical (unpaired) electrons. The highest BCUT2D eigenvalue weighted by molar-refractivity contribution is 6.07. The molecule has 2 heterocycles. The van der Waals surface area contributed by atoms with Gasteiger partial charge in [-0.25, -0.2) is 9.38 Å². The molecule has 3 aromatic rings. The Kier molecular flexibility index (Phi) is 5.79. The molecule has 6 nitrogen and oxygen atoms in total. The number of amides is 1. The van der Waals surface area contributed by atoms with Crippen molar-refractivity contribution in [3.05, 3.63) is 83.7 Å². The summed E-state index contributed by atoms with van der Waals surface area (Å²) in [5.74, 6) is 1.55.